The first-order valence-electron chi connectivity index (χ1n) is 13.8. The van der Waals surface area contributed by atoms with Crippen LogP contribution in [0.3, 0.4) is 0 Å². The molecular weight excluding hydrogens is 477 g/mol. The number of esters is 1. The van der Waals surface area contributed by atoms with E-state index in [2.05, 4.69) is 43.3 Å². The van der Waals surface area contributed by atoms with Gasteiger partial charge in [0.15, 0.2) is 0 Å². The van der Waals surface area contributed by atoms with E-state index in [0.717, 1.165) is 29.5 Å². The molecule has 1 aliphatic rings. The summed E-state index contributed by atoms with van der Waals surface area (Å²) in [6, 6.07) is 21.1. The third kappa shape index (κ3) is 7.09. The Labute approximate surface area is 225 Å². The zero-order valence-electron chi connectivity index (χ0n) is 22.5. The maximum atomic E-state index is 14.3. The van der Waals surface area contributed by atoms with E-state index in [-0.39, 0.29) is 11.5 Å². The lowest BCUT2D eigenvalue weighted by Gasteiger charge is -2.24. The fourth-order valence-electron chi connectivity index (χ4n) is 5.26. The molecule has 0 bridgehead atoms. The second kappa shape index (κ2) is 13.4. The van der Waals surface area contributed by atoms with Crippen molar-refractivity contribution in [1.82, 2.24) is 0 Å². The molecule has 0 N–H and O–H groups in total. The van der Waals surface area contributed by atoms with Crippen LogP contribution < -0.4 is 4.90 Å². The minimum absolute atomic E-state index is 0.0222. The van der Waals surface area contributed by atoms with Gasteiger partial charge in [0.1, 0.15) is 5.82 Å². The van der Waals surface area contributed by atoms with E-state index in [1.807, 2.05) is 12.1 Å². The molecule has 5 heteroatoms. The number of carbonyl (C=O) groups excluding carboxylic acids is 2. The molecule has 4 rings (SSSR count). The van der Waals surface area contributed by atoms with Gasteiger partial charge in [0.05, 0.1) is 19.2 Å². The molecule has 0 atom stereocenters. The lowest BCUT2D eigenvalue weighted by atomic mass is 10.00. The number of ether oxygens (including phenoxy) is 1. The first kappa shape index (κ1) is 27.6. The van der Waals surface area contributed by atoms with Gasteiger partial charge in [-0.2, -0.15) is 0 Å². The number of amides is 1. The van der Waals surface area contributed by atoms with Crippen molar-refractivity contribution in [3.8, 4) is 11.1 Å². The molecule has 1 aliphatic carbocycles. The Morgan fingerprint density at radius 2 is 1.55 bits per heavy atom. The predicted octanol–water partition coefficient (Wildman–Crippen LogP) is 8.13. The van der Waals surface area contributed by atoms with Gasteiger partial charge in [-0.3, -0.25) is 4.79 Å². The molecule has 0 unspecified atom stereocenters. The smallest absolute Gasteiger partial charge is 0.340 e. The summed E-state index contributed by atoms with van der Waals surface area (Å²) >= 11 is 0. The van der Waals surface area contributed by atoms with Crippen LogP contribution in [0.4, 0.5) is 10.1 Å². The van der Waals surface area contributed by atoms with Crippen LogP contribution in [0.2, 0.25) is 0 Å². The Balaban J connectivity index is 1.53. The topological polar surface area (TPSA) is 46.6 Å². The highest BCUT2D eigenvalue weighted by Crippen LogP contribution is 2.30. The molecular formula is C33H38FNO3. The van der Waals surface area contributed by atoms with Crippen LogP contribution in [0.25, 0.3) is 11.1 Å². The maximum Gasteiger partial charge on any atom is 0.340 e. The monoisotopic (exact) mass is 515 g/mol. The number of halogens is 1. The van der Waals surface area contributed by atoms with Gasteiger partial charge < -0.3 is 9.64 Å². The number of carbonyl (C=O) groups is 2. The van der Waals surface area contributed by atoms with E-state index < -0.39 is 11.8 Å². The molecule has 1 amide bonds. The summed E-state index contributed by atoms with van der Waals surface area (Å²) < 4.78 is 19.1. The van der Waals surface area contributed by atoms with Crippen molar-refractivity contribution < 1.29 is 18.7 Å². The number of hydrogen-bond acceptors (Lipinski definition) is 3. The normalized spacial score (nSPS) is 13.4. The summed E-state index contributed by atoms with van der Waals surface area (Å²) in [6.07, 6.45) is 9.58. The SMILES string of the molecule is CCCCc1ccc(-c2ccc(CN(C(=O)CCC3CCCC3)c3ccc(F)c(C(=O)OC)c3)cc2)cc1. The lowest BCUT2D eigenvalue weighted by Crippen LogP contribution is -2.31. The number of rotatable bonds is 11. The first-order chi connectivity index (χ1) is 18.5. The van der Waals surface area contributed by atoms with Crippen molar-refractivity contribution in [3.63, 3.8) is 0 Å². The number of methoxy groups -OCH3 is 1. The van der Waals surface area contributed by atoms with Crippen molar-refractivity contribution in [2.75, 3.05) is 12.0 Å². The summed E-state index contributed by atoms with van der Waals surface area (Å²) in [7, 11) is 1.22. The molecule has 0 spiro atoms. The van der Waals surface area contributed by atoms with Gasteiger partial charge in [0, 0.05) is 12.1 Å². The van der Waals surface area contributed by atoms with E-state index in [4.69, 9.17) is 4.74 Å². The molecule has 1 fully saturated rings. The first-order valence-corrected chi connectivity index (χ1v) is 13.8. The summed E-state index contributed by atoms with van der Waals surface area (Å²) in [5, 5.41) is 0. The van der Waals surface area contributed by atoms with Gasteiger partial charge in [-0.05, 0) is 65.6 Å². The molecule has 0 aromatic heterocycles. The largest absolute Gasteiger partial charge is 0.465 e. The zero-order valence-corrected chi connectivity index (χ0v) is 22.5. The maximum absolute atomic E-state index is 14.3. The van der Waals surface area contributed by atoms with E-state index in [1.54, 1.807) is 11.0 Å². The molecule has 0 aliphatic heterocycles. The molecule has 4 nitrogen and oxygen atoms in total. The Kier molecular flexibility index (Phi) is 9.69. The van der Waals surface area contributed by atoms with E-state index in [1.165, 1.54) is 63.3 Å². The Bertz CT molecular complexity index is 1210. The van der Waals surface area contributed by atoms with Crippen LogP contribution in [0.5, 0.6) is 0 Å². The third-order valence-electron chi connectivity index (χ3n) is 7.61. The molecule has 38 heavy (non-hydrogen) atoms. The van der Waals surface area contributed by atoms with Crippen LogP contribution in [-0.2, 0) is 22.5 Å². The summed E-state index contributed by atoms with van der Waals surface area (Å²) in [5.74, 6) is -0.852. The van der Waals surface area contributed by atoms with Crippen molar-refractivity contribution in [2.45, 2.75) is 71.3 Å². The standard InChI is InChI=1S/C33H38FNO3/c1-3-4-7-25-10-15-27(16-11-25)28-17-12-26(13-18-28)23-35(32(36)21-14-24-8-5-6-9-24)29-19-20-31(34)30(22-29)33(37)38-2/h10-13,15-20,22,24H,3-9,14,21,23H2,1-2H3. The minimum atomic E-state index is -0.757. The van der Waals surface area contributed by atoms with Crippen molar-refractivity contribution in [1.29, 1.82) is 0 Å². The Hall–Kier alpha value is -3.47. The van der Waals surface area contributed by atoms with E-state index in [0.29, 0.717) is 24.6 Å². The number of unbranched alkanes of at least 4 members (excludes halogenated alkanes) is 1. The van der Waals surface area contributed by atoms with Crippen LogP contribution in [0, 0.1) is 11.7 Å². The van der Waals surface area contributed by atoms with Crippen molar-refractivity contribution in [3.05, 3.63) is 89.2 Å². The van der Waals surface area contributed by atoms with Crippen molar-refractivity contribution >= 4 is 17.6 Å². The highest BCUT2D eigenvalue weighted by atomic mass is 19.1. The van der Waals surface area contributed by atoms with Crippen LogP contribution >= 0.6 is 0 Å². The average molecular weight is 516 g/mol. The van der Waals surface area contributed by atoms with Gasteiger partial charge in [-0.25, -0.2) is 9.18 Å². The predicted molar refractivity (Wildman–Crippen MR) is 151 cm³/mol. The number of nitrogens with zero attached hydrogens (tertiary/aromatic N) is 1. The molecule has 0 saturated heterocycles. The van der Waals surface area contributed by atoms with Crippen LogP contribution in [0.15, 0.2) is 66.7 Å². The Morgan fingerprint density at radius 1 is 0.921 bits per heavy atom. The minimum Gasteiger partial charge on any atom is -0.465 e. The molecule has 3 aromatic rings. The number of anilines is 1. The number of aryl methyl sites for hydroxylation is 1. The third-order valence-corrected chi connectivity index (χ3v) is 7.61. The van der Waals surface area contributed by atoms with Gasteiger partial charge in [-0.15, -0.1) is 0 Å². The molecule has 0 radical (unpaired) electrons. The van der Waals surface area contributed by atoms with Crippen LogP contribution in [0.1, 0.15) is 79.8 Å². The second-order valence-electron chi connectivity index (χ2n) is 10.3. The fraction of sp³-hybridized carbons (Fsp3) is 0.394. The molecule has 3 aromatic carbocycles. The molecule has 1 saturated carbocycles. The van der Waals surface area contributed by atoms with Crippen LogP contribution in [-0.4, -0.2) is 19.0 Å². The number of hydrogen-bond donors (Lipinski definition) is 0. The highest BCUT2D eigenvalue weighted by molar-refractivity contribution is 5.96. The van der Waals surface area contributed by atoms with Crippen molar-refractivity contribution in [2.24, 2.45) is 5.92 Å². The van der Waals surface area contributed by atoms with Gasteiger partial charge in [0.25, 0.3) is 0 Å². The fourth-order valence-corrected chi connectivity index (χ4v) is 5.26. The molecule has 200 valence electrons. The lowest BCUT2D eigenvalue weighted by molar-refractivity contribution is -0.119. The van der Waals surface area contributed by atoms with E-state index in [9.17, 15) is 14.0 Å². The summed E-state index contributed by atoms with van der Waals surface area (Å²) in [6.45, 7) is 2.54. The average Bonchev–Trinajstić information content (AvgIpc) is 3.48. The number of benzene rings is 3. The molecule has 0 heterocycles. The zero-order chi connectivity index (χ0) is 26.9. The van der Waals surface area contributed by atoms with Gasteiger partial charge in [0.2, 0.25) is 5.91 Å². The van der Waals surface area contributed by atoms with Gasteiger partial charge >= 0.3 is 5.97 Å². The Morgan fingerprint density at radius 3 is 2.16 bits per heavy atom. The summed E-state index contributed by atoms with van der Waals surface area (Å²) in [5.41, 5.74) is 4.91. The van der Waals surface area contributed by atoms with E-state index >= 15 is 0 Å². The summed E-state index contributed by atoms with van der Waals surface area (Å²) in [4.78, 5) is 27.2. The highest BCUT2D eigenvalue weighted by Gasteiger charge is 2.23. The second-order valence-corrected chi connectivity index (χ2v) is 10.3. The quantitative estimate of drug-likeness (QED) is 0.242. The van der Waals surface area contributed by atoms with Gasteiger partial charge in [-0.1, -0.05) is 87.6 Å².